The van der Waals surface area contributed by atoms with Gasteiger partial charge in [-0.15, -0.1) is 0 Å². The van der Waals surface area contributed by atoms with Gasteiger partial charge in [0.15, 0.2) is 0 Å². The molecule has 2 unspecified atom stereocenters. The van der Waals surface area contributed by atoms with E-state index in [9.17, 15) is 4.79 Å². The van der Waals surface area contributed by atoms with E-state index in [0.717, 1.165) is 6.42 Å². The maximum Gasteiger partial charge on any atom is 0.253 e. The molecule has 98 valence electrons. The first-order chi connectivity index (χ1) is 8.58. The summed E-state index contributed by atoms with van der Waals surface area (Å²) in [6.07, 6.45) is 4.66. The minimum atomic E-state index is -0.119. The quantitative estimate of drug-likeness (QED) is 0.808. The van der Waals surface area contributed by atoms with Crippen LogP contribution in [0.3, 0.4) is 0 Å². The first-order valence-corrected chi connectivity index (χ1v) is 6.81. The van der Waals surface area contributed by atoms with E-state index in [1.165, 1.54) is 19.3 Å². The molecule has 1 aliphatic rings. The van der Waals surface area contributed by atoms with Gasteiger partial charge in [-0.2, -0.15) is 0 Å². The molecule has 1 aromatic carbocycles. The van der Waals surface area contributed by atoms with Crippen LogP contribution < -0.4 is 11.1 Å². The van der Waals surface area contributed by atoms with Crippen LogP contribution in [0.15, 0.2) is 18.2 Å². The summed E-state index contributed by atoms with van der Waals surface area (Å²) in [5, 5.41) is 3.52. The normalized spacial score (nSPS) is 23.7. The molecule has 2 atom stereocenters. The molecule has 0 bridgehead atoms. The molecule has 1 aromatic rings. The average Bonchev–Trinajstić information content (AvgIpc) is 2.35. The Morgan fingerprint density at radius 1 is 1.39 bits per heavy atom. The molecule has 3 nitrogen and oxygen atoms in total. The number of benzene rings is 1. The van der Waals surface area contributed by atoms with E-state index < -0.39 is 0 Å². The fraction of sp³-hybridized carbons (Fsp3) is 0.500. The molecule has 2 rings (SSSR count). The Labute approximate surface area is 113 Å². The van der Waals surface area contributed by atoms with Crippen molar-refractivity contribution in [3.63, 3.8) is 0 Å². The molecule has 0 spiro atoms. The van der Waals surface area contributed by atoms with Gasteiger partial charge in [-0.25, -0.2) is 0 Å². The number of carbonyl (C=O) groups is 1. The van der Waals surface area contributed by atoms with Gasteiger partial charge < -0.3 is 11.1 Å². The lowest BCUT2D eigenvalue weighted by Gasteiger charge is -2.29. The smallest absolute Gasteiger partial charge is 0.253 e. The van der Waals surface area contributed by atoms with Crippen molar-refractivity contribution < 1.29 is 4.79 Å². The number of amides is 1. The van der Waals surface area contributed by atoms with Crippen molar-refractivity contribution in [2.24, 2.45) is 5.92 Å². The SMILES string of the molecule is CC1CCCCC1NC(=O)c1cc(N)ccc1Cl. The Morgan fingerprint density at radius 3 is 2.83 bits per heavy atom. The van der Waals surface area contributed by atoms with E-state index in [4.69, 9.17) is 17.3 Å². The van der Waals surface area contributed by atoms with Crippen LogP contribution in [-0.2, 0) is 0 Å². The van der Waals surface area contributed by atoms with Gasteiger partial charge >= 0.3 is 0 Å². The monoisotopic (exact) mass is 266 g/mol. The number of anilines is 1. The van der Waals surface area contributed by atoms with E-state index in [0.29, 0.717) is 22.2 Å². The summed E-state index contributed by atoms with van der Waals surface area (Å²) >= 11 is 6.03. The van der Waals surface area contributed by atoms with E-state index in [1.807, 2.05) is 0 Å². The van der Waals surface area contributed by atoms with Crippen LogP contribution in [0.4, 0.5) is 5.69 Å². The van der Waals surface area contributed by atoms with E-state index in [-0.39, 0.29) is 11.9 Å². The first kappa shape index (κ1) is 13.2. The fourth-order valence-corrected chi connectivity index (χ4v) is 2.70. The van der Waals surface area contributed by atoms with Crippen molar-refractivity contribution in [3.8, 4) is 0 Å². The third-order valence-corrected chi connectivity index (χ3v) is 3.99. The zero-order chi connectivity index (χ0) is 13.1. The number of nitrogens with two attached hydrogens (primary N) is 1. The molecule has 1 saturated carbocycles. The van der Waals surface area contributed by atoms with Crippen molar-refractivity contribution in [2.75, 3.05) is 5.73 Å². The Bertz CT molecular complexity index is 447. The molecule has 0 aliphatic heterocycles. The maximum atomic E-state index is 12.2. The Hall–Kier alpha value is -1.22. The molecule has 1 fully saturated rings. The summed E-state index contributed by atoms with van der Waals surface area (Å²) in [4.78, 5) is 12.2. The highest BCUT2D eigenvalue weighted by molar-refractivity contribution is 6.34. The maximum absolute atomic E-state index is 12.2. The van der Waals surface area contributed by atoms with Gasteiger partial charge in [0.2, 0.25) is 0 Å². The summed E-state index contributed by atoms with van der Waals surface area (Å²) < 4.78 is 0. The van der Waals surface area contributed by atoms with Gasteiger partial charge in [0.1, 0.15) is 0 Å². The Morgan fingerprint density at radius 2 is 2.11 bits per heavy atom. The average molecular weight is 267 g/mol. The third-order valence-electron chi connectivity index (χ3n) is 3.66. The van der Waals surface area contributed by atoms with Crippen LogP contribution in [0.25, 0.3) is 0 Å². The topological polar surface area (TPSA) is 55.1 Å². The molecular formula is C14H19ClN2O. The number of rotatable bonds is 2. The Kier molecular flexibility index (Phi) is 4.12. The van der Waals surface area contributed by atoms with Crippen molar-refractivity contribution in [2.45, 2.75) is 38.6 Å². The molecule has 18 heavy (non-hydrogen) atoms. The molecule has 0 radical (unpaired) electrons. The van der Waals surface area contributed by atoms with Gasteiger partial charge in [0, 0.05) is 11.7 Å². The zero-order valence-corrected chi connectivity index (χ0v) is 11.3. The predicted octanol–water partition coefficient (Wildman–Crippen LogP) is 3.23. The molecule has 1 amide bonds. The second-order valence-corrected chi connectivity index (χ2v) is 5.49. The molecule has 4 heteroatoms. The number of nitrogen functional groups attached to an aromatic ring is 1. The largest absolute Gasteiger partial charge is 0.399 e. The number of carbonyl (C=O) groups excluding carboxylic acids is 1. The minimum Gasteiger partial charge on any atom is -0.399 e. The highest BCUT2D eigenvalue weighted by Gasteiger charge is 2.23. The van der Waals surface area contributed by atoms with Crippen molar-refractivity contribution in [3.05, 3.63) is 28.8 Å². The van der Waals surface area contributed by atoms with Crippen molar-refractivity contribution in [1.29, 1.82) is 0 Å². The second kappa shape index (κ2) is 5.61. The highest BCUT2D eigenvalue weighted by atomic mass is 35.5. The van der Waals surface area contributed by atoms with Crippen LogP contribution in [-0.4, -0.2) is 11.9 Å². The summed E-state index contributed by atoms with van der Waals surface area (Å²) in [7, 11) is 0. The van der Waals surface area contributed by atoms with E-state index in [1.54, 1.807) is 18.2 Å². The molecular weight excluding hydrogens is 248 g/mol. The molecule has 0 aromatic heterocycles. The summed E-state index contributed by atoms with van der Waals surface area (Å²) in [6.45, 7) is 2.19. The molecule has 3 N–H and O–H groups in total. The highest BCUT2D eigenvalue weighted by Crippen LogP contribution is 2.25. The lowest BCUT2D eigenvalue weighted by molar-refractivity contribution is 0.0910. The van der Waals surface area contributed by atoms with Gasteiger partial charge in [0.05, 0.1) is 10.6 Å². The minimum absolute atomic E-state index is 0.119. The van der Waals surface area contributed by atoms with E-state index in [2.05, 4.69) is 12.2 Å². The van der Waals surface area contributed by atoms with Crippen LogP contribution in [0, 0.1) is 5.92 Å². The van der Waals surface area contributed by atoms with Gasteiger partial charge in [0.25, 0.3) is 5.91 Å². The van der Waals surface area contributed by atoms with Crippen molar-refractivity contribution in [1.82, 2.24) is 5.32 Å². The van der Waals surface area contributed by atoms with Gasteiger partial charge in [-0.3, -0.25) is 4.79 Å². The van der Waals surface area contributed by atoms with Crippen LogP contribution in [0.1, 0.15) is 43.0 Å². The number of halogens is 1. The number of nitrogens with one attached hydrogen (secondary N) is 1. The van der Waals surface area contributed by atoms with Gasteiger partial charge in [-0.1, -0.05) is 31.4 Å². The van der Waals surface area contributed by atoms with Crippen LogP contribution in [0.2, 0.25) is 5.02 Å². The fourth-order valence-electron chi connectivity index (χ4n) is 2.49. The summed E-state index contributed by atoms with van der Waals surface area (Å²) in [5.74, 6) is 0.411. The lowest BCUT2D eigenvalue weighted by atomic mass is 9.86. The second-order valence-electron chi connectivity index (χ2n) is 5.08. The van der Waals surface area contributed by atoms with Gasteiger partial charge in [-0.05, 0) is 37.0 Å². The third kappa shape index (κ3) is 2.96. The lowest BCUT2D eigenvalue weighted by Crippen LogP contribution is -2.41. The van der Waals surface area contributed by atoms with E-state index >= 15 is 0 Å². The van der Waals surface area contributed by atoms with Crippen molar-refractivity contribution >= 4 is 23.2 Å². The van der Waals surface area contributed by atoms with Crippen LogP contribution in [0.5, 0.6) is 0 Å². The number of hydrogen-bond donors (Lipinski definition) is 2. The predicted molar refractivity (Wildman–Crippen MR) is 74.8 cm³/mol. The molecule has 0 saturated heterocycles. The Balaban J connectivity index is 2.09. The molecule has 1 aliphatic carbocycles. The van der Waals surface area contributed by atoms with Crippen LogP contribution >= 0.6 is 11.6 Å². The summed E-state index contributed by atoms with van der Waals surface area (Å²) in [6, 6.07) is 5.24. The standard InChI is InChI=1S/C14H19ClN2O/c1-9-4-2-3-5-13(9)17-14(18)11-8-10(16)6-7-12(11)15/h6-9,13H,2-5,16H2,1H3,(H,17,18). The summed E-state index contributed by atoms with van der Waals surface area (Å²) in [5.41, 5.74) is 6.71. The first-order valence-electron chi connectivity index (χ1n) is 6.44. The molecule has 0 heterocycles. The number of hydrogen-bond acceptors (Lipinski definition) is 2. The zero-order valence-electron chi connectivity index (χ0n) is 10.6.